The number of aromatic nitrogens is 2. The van der Waals surface area contributed by atoms with Crippen LogP contribution in [0.1, 0.15) is 5.56 Å². The fourth-order valence-electron chi connectivity index (χ4n) is 1.96. The Morgan fingerprint density at radius 1 is 1.33 bits per heavy atom. The maximum absolute atomic E-state index is 13.5. The zero-order valence-corrected chi connectivity index (χ0v) is 10.2. The van der Waals surface area contributed by atoms with Crippen molar-refractivity contribution >= 4 is 37.5 Å². The number of aryl methyl sites for hydroxylation is 1. The lowest BCUT2D eigenvalue weighted by atomic mass is 10.1. The summed E-state index contributed by atoms with van der Waals surface area (Å²) in [5.74, 6) is -0.357. The molecule has 0 spiro atoms. The maximum atomic E-state index is 13.5. The van der Waals surface area contributed by atoms with Gasteiger partial charge < -0.3 is 5.73 Å². The van der Waals surface area contributed by atoms with Crippen molar-refractivity contribution in [3.8, 4) is 0 Å². The molecule has 6 heteroatoms. The minimum atomic E-state index is -0.433. The van der Waals surface area contributed by atoms with Crippen molar-refractivity contribution in [2.45, 2.75) is 6.92 Å². The third-order valence-corrected chi connectivity index (χ3v) is 3.67. The zero-order chi connectivity index (χ0) is 12.9. The highest BCUT2D eigenvalue weighted by Crippen LogP contribution is 2.29. The molecule has 0 bridgehead atoms. The summed E-state index contributed by atoms with van der Waals surface area (Å²) in [5.41, 5.74) is 6.55. The van der Waals surface area contributed by atoms with E-state index < -0.39 is 5.56 Å². The first-order valence-electron chi connectivity index (χ1n) is 5.21. The Morgan fingerprint density at radius 3 is 2.89 bits per heavy atom. The van der Waals surface area contributed by atoms with Gasteiger partial charge in [-0.15, -0.1) is 0 Å². The van der Waals surface area contributed by atoms with Gasteiger partial charge in [0.25, 0.3) is 5.56 Å². The van der Waals surface area contributed by atoms with Crippen molar-refractivity contribution in [1.82, 2.24) is 9.97 Å². The average Bonchev–Trinajstić information content (AvgIpc) is 2.28. The van der Waals surface area contributed by atoms with Crippen molar-refractivity contribution in [3.63, 3.8) is 0 Å². The lowest BCUT2D eigenvalue weighted by molar-refractivity contribution is 0.628. The van der Waals surface area contributed by atoms with Crippen molar-refractivity contribution in [3.05, 3.63) is 40.1 Å². The van der Waals surface area contributed by atoms with Gasteiger partial charge in [-0.25, -0.2) is 4.39 Å². The molecular formula is C12H8FN3OS. The van der Waals surface area contributed by atoms with E-state index >= 15 is 0 Å². The molecule has 3 rings (SSSR count). The van der Waals surface area contributed by atoms with Crippen LogP contribution >= 0.6 is 11.3 Å². The van der Waals surface area contributed by atoms with E-state index in [2.05, 4.69) is 9.97 Å². The number of rotatable bonds is 0. The second-order valence-corrected chi connectivity index (χ2v) is 5.01. The van der Waals surface area contributed by atoms with Gasteiger partial charge in [-0.3, -0.25) is 9.78 Å². The lowest BCUT2D eigenvalue weighted by Crippen LogP contribution is -2.08. The predicted octanol–water partition coefficient (Wildman–Crippen LogP) is 2.23. The van der Waals surface area contributed by atoms with Gasteiger partial charge in [-0.2, -0.15) is 4.98 Å². The second-order valence-electron chi connectivity index (χ2n) is 3.98. The SMILES string of the molecule is Cc1cc(F)cc2c1ncc1c(=O)nc(N)sc12. The molecule has 0 radical (unpaired) electrons. The van der Waals surface area contributed by atoms with E-state index in [9.17, 15) is 9.18 Å². The van der Waals surface area contributed by atoms with E-state index in [-0.39, 0.29) is 10.9 Å². The number of halogens is 1. The summed E-state index contributed by atoms with van der Waals surface area (Å²) in [6, 6.07) is 2.78. The highest BCUT2D eigenvalue weighted by molar-refractivity contribution is 7.22. The summed E-state index contributed by atoms with van der Waals surface area (Å²) in [4.78, 5) is 19.6. The minimum Gasteiger partial charge on any atom is -0.375 e. The molecule has 2 N–H and O–H groups in total. The molecule has 0 amide bonds. The molecule has 0 unspecified atom stereocenters. The van der Waals surface area contributed by atoms with Gasteiger partial charge in [0.15, 0.2) is 5.13 Å². The molecular weight excluding hydrogens is 253 g/mol. The number of hydrogen-bond donors (Lipinski definition) is 1. The molecule has 0 atom stereocenters. The Kier molecular flexibility index (Phi) is 2.27. The number of fused-ring (bicyclic) bond motifs is 3. The summed E-state index contributed by atoms with van der Waals surface area (Å²) < 4.78 is 14.1. The van der Waals surface area contributed by atoms with Crippen LogP contribution in [0.2, 0.25) is 0 Å². The van der Waals surface area contributed by atoms with Gasteiger partial charge in [-0.05, 0) is 24.6 Å². The number of pyridine rings is 1. The molecule has 0 aliphatic rings. The molecule has 90 valence electrons. The Balaban J connectivity index is 2.64. The second kappa shape index (κ2) is 3.71. The number of nitrogens with two attached hydrogens (primary N) is 1. The topological polar surface area (TPSA) is 68.9 Å². The van der Waals surface area contributed by atoms with Gasteiger partial charge >= 0.3 is 0 Å². The largest absolute Gasteiger partial charge is 0.375 e. The normalized spacial score (nSPS) is 11.2. The first-order valence-corrected chi connectivity index (χ1v) is 6.03. The first kappa shape index (κ1) is 11.0. The first-order chi connectivity index (χ1) is 8.56. The van der Waals surface area contributed by atoms with E-state index in [1.54, 1.807) is 6.92 Å². The van der Waals surface area contributed by atoms with E-state index in [1.165, 1.54) is 18.3 Å². The van der Waals surface area contributed by atoms with Crippen LogP contribution in [0.25, 0.3) is 21.0 Å². The molecule has 2 heterocycles. The molecule has 0 aliphatic heterocycles. The Morgan fingerprint density at radius 2 is 2.11 bits per heavy atom. The summed E-state index contributed by atoms with van der Waals surface area (Å²) >= 11 is 1.16. The van der Waals surface area contributed by atoms with Crippen molar-refractivity contribution in [1.29, 1.82) is 0 Å². The van der Waals surface area contributed by atoms with Gasteiger partial charge in [-0.1, -0.05) is 11.3 Å². The number of nitrogen functional groups attached to an aromatic ring is 1. The van der Waals surface area contributed by atoms with Crippen LogP contribution in [0.5, 0.6) is 0 Å². The van der Waals surface area contributed by atoms with E-state index in [0.29, 0.717) is 21.0 Å². The highest BCUT2D eigenvalue weighted by Gasteiger charge is 2.10. The van der Waals surface area contributed by atoms with Crippen LogP contribution in [0.4, 0.5) is 9.52 Å². The Bertz CT molecular complexity index is 844. The third kappa shape index (κ3) is 1.53. The summed E-state index contributed by atoms with van der Waals surface area (Å²) in [6.07, 6.45) is 1.47. The summed E-state index contributed by atoms with van der Waals surface area (Å²) in [6.45, 7) is 1.78. The Labute approximate surface area is 105 Å². The van der Waals surface area contributed by atoms with Crippen molar-refractivity contribution in [2.75, 3.05) is 5.73 Å². The third-order valence-electron chi connectivity index (χ3n) is 2.73. The maximum Gasteiger partial charge on any atom is 0.282 e. The molecule has 0 fully saturated rings. The smallest absolute Gasteiger partial charge is 0.282 e. The molecule has 18 heavy (non-hydrogen) atoms. The van der Waals surface area contributed by atoms with Crippen LogP contribution in [-0.2, 0) is 0 Å². The van der Waals surface area contributed by atoms with Crippen LogP contribution < -0.4 is 11.3 Å². The number of benzene rings is 1. The fraction of sp³-hybridized carbons (Fsp3) is 0.0833. The number of hydrogen-bond acceptors (Lipinski definition) is 5. The average molecular weight is 261 g/mol. The molecule has 1 aromatic carbocycles. The van der Waals surface area contributed by atoms with E-state index in [0.717, 1.165) is 16.9 Å². The highest BCUT2D eigenvalue weighted by atomic mass is 32.1. The van der Waals surface area contributed by atoms with Crippen LogP contribution in [-0.4, -0.2) is 9.97 Å². The standard InChI is InChI=1S/C12H8FN3OS/c1-5-2-6(13)3-7-9(5)15-4-8-10(7)18-12(14)16-11(8)17/h2-4H,1H3,(H2,14,16,17). The summed E-state index contributed by atoms with van der Waals surface area (Å²) in [5, 5.41) is 1.13. The van der Waals surface area contributed by atoms with E-state index in [1.807, 2.05) is 0 Å². The van der Waals surface area contributed by atoms with Gasteiger partial charge in [0, 0.05) is 11.6 Å². The molecule has 4 nitrogen and oxygen atoms in total. The lowest BCUT2D eigenvalue weighted by Gasteiger charge is -2.05. The molecule has 0 saturated heterocycles. The van der Waals surface area contributed by atoms with E-state index in [4.69, 9.17) is 5.73 Å². The number of nitrogens with zero attached hydrogens (tertiary/aromatic N) is 2. The number of anilines is 1. The van der Waals surface area contributed by atoms with Gasteiger partial charge in [0.1, 0.15) is 5.82 Å². The minimum absolute atomic E-state index is 0.168. The molecule has 0 aliphatic carbocycles. The molecule has 2 aromatic heterocycles. The van der Waals surface area contributed by atoms with Gasteiger partial charge in [0.2, 0.25) is 0 Å². The predicted molar refractivity (Wildman–Crippen MR) is 70.3 cm³/mol. The molecule has 0 saturated carbocycles. The van der Waals surface area contributed by atoms with Crippen LogP contribution in [0, 0.1) is 12.7 Å². The summed E-state index contributed by atoms with van der Waals surface area (Å²) in [7, 11) is 0. The van der Waals surface area contributed by atoms with Crippen LogP contribution in [0.3, 0.4) is 0 Å². The molecule has 3 aromatic rings. The van der Waals surface area contributed by atoms with Gasteiger partial charge in [0.05, 0.1) is 15.6 Å². The van der Waals surface area contributed by atoms with Crippen LogP contribution in [0.15, 0.2) is 23.1 Å². The van der Waals surface area contributed by atoms with Crippen molar-refractivity contribution < 1.29 is 4.39 Å². The quantitative estimate of drug-likeness (QED) is 0.630. The Hall–Kier alpha value is -2.08. The van der Waals surface area contributed by atoms with Crippen molar-refractivity contribution in [2.24, 2.45) is 0 Å². The fourth-order valence-corrected chi connectivity index (χ4v) is 2.82. The zero-order valence-electron chi connectivity index (χ0n) is 9.40. The monoisotopic (exact) mass is 261 g/mol.